The molecule has 0 bridgehead atoms. The van der Waals surface area contributed by atoms with Crippen molar-refractivity contribution in [2.45, 2.75) is 13.2 Å². The van der Waals surface area contributed by atoms with Crippen molar-refractivity contribution in [1.82, 2.24) is 9.78 Å². The van der Waals surface area contributed by atoms with E-state index < -0.39 is 12.6 Å². The van der Waals surface area contributed by atoms with Crippen molar-refractivity contribution in [3.05, 3.63) is 59.8 Å². The van der Waals surface area contributed by atoms with Gasteiger partial charge in [-0.1, -0.05) is 18.2 Å². The molecule has 3 rings (SSSR count). The summed E-state index contributed by atoms with van der Waals surface area (Å²) in [5.74, 6) is -0.906. The van der Waals surface area contributed by atoms with Crippen molar-refractivity contribution >= 4 is 16.9 Å². The first-order chi connectivity index (χ1) is 11.0. The van der Waals surface area contributed by atoms with Gasteiger partial charge in [-0.05, 0) is 29.8 Å². The van der Waals surface area contributed by atoms with Crippen LogP contribution in [0.2, 0.25) is 0 Å². The fourth-order valence-corrected chi connectivity index (χ4v) is 2.24. The van der Waals surface area contributed by atoms with Crippen LogP contribution < -0.4 is 4.74 Å². The van der Waals surface area contributed by atoms with Crippen molar-refractivity contribution in [2.75, 3.05) is 0 Å². The van der Waals surface area contributed by atoms with E-state index in [0.29, 0.717) is 12.1 Å². The van der Waals surface area contributed by atoms with Crippen LogP contribution in [-0.2, 0) is 6.54 Å². The number of aromatic nitrogens is 2. The Hall–Kier alpha value is -2.96. The van der Waals surface area contributed by atoms with Gasteiger partial charge >= 0.3 is 12.6 Å². The van der Waals surface area contributed by atoms with E-state index >= 15 is 0 Å². The highest BCUT2D eigenvalue weighted by atomic mass is 19.3. The van der Waals surface area contributed by atoms with Crippen LogP contribution in [0.25, 0.3) is 10.9 Å². The summed E-state index contributed by atoms with van der Waals surface area (Å²) in [4.78, 5) is 11.0. The van der Waals surface area contributed by atoms with Crippen LogP contribution in [0.5, 0.6) is 5.75 Å². The van der Waals surface area contributed by atoms with Crippen LogP contribution in [0.1, 0.15) is 15.9 Å². The van der Waals surface area contributed by atoms with Gasteiger partial charge in [0, 0.05) is 11.6 Å². The molecule has 0 spiro atoms. The Bertz CT molecular complexity index is 844. The minimum atomic E-state index is -2.85. The third-order valence-corrected chi connectivity index (χ3v) is 3.29. The summed E-state index contributed by atoms with van der Waals surface area (Å²) in [5.41, 5.74) is 1.62. The zero-order valence-corrected chi connectivity index (χ0v) is 11.8. The van der Waals surface area contributed by atoms with Gasteiger partial charge < -0.3 is 9.84 Å². The van der Waals surface area contributed by atoms with E-state index in [4.69, 9.17) is 5.11 Å². The Balaban J connectivity index is 1.79. The van der Waals surface area contributed by atoms with Crippen LogP contribution in [0, 0.1) is 0 Å². The molecule has 0 radical (unpaired) electrons. The minimum Gasteiger partial charge on any atom is -0.478 e. The zero-order valence-electron chi connectivity index (χ0n) is 11.8. The standard InChI is InChI=1S/C16H12F2N2O3/c17-16(18)23-13-5-1-10(2-6-13)8-20-9-12-4-3-11(15(21)22)7-14(12)19-20/h1-7,9,16H,8H2,(H,21,22). The Labute approximate surface area is 129 Å². The van der Waals surface area contributed by atoms with E-state index in [1.54, 1.807) is 29.1 Å². The molecule has 0 atom stereocenters. The molecule has 1 N–H and O–H groups in total. The molecular formula is C16H12F2N2O3. The van der Waals surface area contributed by atoms with Crippen molar-refractivity contribution in [3.8, 4) is 5.75 Å². The number of nitrogens with zero attached hydrogens (tertiary/aromatic N) is 2. The van der Waals surface area contributed by atoms with Crippen molar-refractivity contribution in [1.29, 1.82) is 0 Å². The maximum atomic E-state index is 12.1. The number of aromatic carboxylic acids is 1. The van der Waals surface area contributed by atoms with E-state index in [1.807, 2.05) is 0 Å². The van der Waals surface area contributed by atoms with Gasteiger partial charge in [-0.15, -0.1) is 0 Å². The summed E-state index contributed by atoms with van der Waals surface area (Å²) < 4.78 is 30.2. The first-order valence-electron chi connectivity index (χ1n) is 6.75. The Morgan fingerprint density at radius 1 is 1.22 bits per heavy atom. The number of halogens is 2. The first-order valence-corrected chi connectivity index (χ1v) is 6.75. The molecule has 2 aromatic carbocycles. The molecule has 23 heavy (non-hydrogen) atoms. The molecule has 1 heterocycles. The van der Waals surface area contributed by atoms with Gasteiger partial charge in [0.05, 0.1) is 17.6 Å². The summed E-state index contributed by atoms with van der Waals surface area (Å²) in [7, 11) is 0. The Morgan fingerprint density at radius 3 is 2.61 bits per heavy atom. The van der Waals surface area contributed by atoms with Gasteiger partial charge in [-0.2, -0.15) is 13.9 Å². The molecule has 0 saturated heterocycles. The number of carbonyl (C=O) groups is 1. The summed E-state index contributed by atoms with van der Waals surface area (Å²) in [6.45, 7) is -2.41. The van der Waals surface area contributed by atoms with E-state index in [9.17, 15) is 13.6 Å². The third kappa shape index (κ3) is 3.45. The van der Waals surface area contributed by atoms with Crippen LogP contribution in [0.4, 0.5) is 8.78 Å². The fourth-order valence-electron chi connectivity index (χ4n) is 2.24. The molecular weight excluding hydrogens is 306 g/mol. The molecule has 0 aliphatic heterocycles. The second-order valence-electron chi connectivity index (χ2n) is 4.93. The van der Waals surface area contributed by atoms with Crippen LogP contribution in [0.3, 0.4) is 0 Å². The lowest BCUT2D eigenvalue weighted by Crippen LogP contribution is -2.03. The number of carboxylic acid groups (broad SMARTS) is 1. The number of carboxylic acids is 1. The molecule has 0 fully saturated rings. The van der Waals surface area contributed by atoms with Crippen LogP contribution in [0.15, 0.2) is 48.7 Å². The topological polar surface area (TPSA) is 64.3 Å². The average Bonchev–Trinajstić information content (AvgIpc) is 2.90. The van der Waals surface area contributed by atoms with Gasteiger partial charge in [0.2, 0.25) is 0 Å². The molecule has 3 aromatic rings. The SMILES string of the molecule is O=C(O)c1ccc2cn(Cc3ccc(OC(F)F)cc3)nc2c1. The molecule has 0 aliphatic rings. The predicted molar refractivity (Wildman–Crippen MR) is 78.9 cm³/mol. The van der Waals surface area contributed by atoms with E-state index in [0.717, 1.165) is 10.9 Å². The normalized spacial score (nSPS) is 11.1. The maximum Gasteiger partial charge on any atom is 0.387 e. The number of hydrogen-bond donors (Lipinski definition) is 1. The van der Waals surface area contributed by atoms with Crippen LogP contribution >= 0.6 is 0 Å². The molecule has 0 amide bonds. The summed E-state index contributed by atoms with van der Waals surface area (Å²) >= 11 is 0. The third-order valence-electron chi connectivity index (χ3n) is 3.29. The first kappa shape index (κ1) is 15.0. The highest BCUT2D eigenvalue weighted by Gasteiger charge is 2.08. The van der Waals surface area contributed by atoms with Gasteiger partial charge in [-0.3, -0.25) is 4.68 Å². The van der Waals surface area contributed by atoms with Gasteiger partial charge in [-0.25, -0.2) is 4.79 Å². The molecule has 5 nitrogen and oxygen atoms in total. The van der Waals surface area contributed by atoms with Gasteiger partial charge in [0.15, 0.2) is 0 Å². The maximum absolute atomic E-state index is 12.1. The molecule has 7 heteroatoms. The lowest BCUT2D eigenvalue weighted by atomic mass is 10.2. The number of benzene rings is 2. The second-order valence-corrected chi connectivity index (χ2v) is 4.93. The number of fused-ring (bicyclic) bond motifs is 1. The van der Waals surface area contributed by atoms with Crippen molar-refractivity contribution in [3.63, 3.8) is 0 Å². The van der Waals surface area contributed by atoms with Gasteiger partial charge in [0.25, 0.3) is 0 Å². The summed E-state index contributed by atoms with van der Waals surface area (Å²) in [6, 6.07) is 11.0. The van der Waals surface area contributed by atoms with Crippen molar-refractivity contribution in [2.24, 2.45) is 0 Å². The monoisotopic (exact) mass is 318 g/mol. The van der Waals surface area contributed by atoms with E-state index in [2.05, 4.69) is 9.84 Å². The summed E-state index contributed by atoms with van der Waals surface area (Å²) in [6.07, 6.45) is 1.80. The summed E-state index contributed by atoms with van der Waals surface area (Å²) in [5, 5.41) is 14.1. The lowest BCUT2D eigenvalue weighted by molar-refractivity contribution is -0.0498. The largest absolute Gasteiger partial charge is 0.478 e. The lowest BCUT2D eigenvalue weighted by Gasteiger charge is -2.06. The smallest absolute Gasteiger partial charge is 0.387 e. The van der Waals surface area contributed by atoms with E-state index in [1.165, 1.54) is 24.3 Å². The van der Waals surface area contributed by atoms with E-state index in [-0.39, 0.29) is 11.3 Å². The zero-order chi connectivity index (χ0) is 16.4. The molecule has 0 saturated carbocycles. The highest BCUT2D eigenvalue weighted by Crippen LogP contribution is 2.18. The minimum absolute atomic E-state index is 0.0977. The number of hydrogen-bond acceptors (Lipinski definition) is 3. The average molecular weight is 318 g/mol. The van der Waals surface area contributed by atoms with Crippen molar-refractivity contribution < 1.29 is 23.4 Å². The number of alkyl halides is 2. The second kappa shape index (κ2) is 6.04. The number of ether oxygens (including phenoxy) is 1. The quantitative estimate of drug-likeness (QED) is 0.783. The molecule has 0 aliphatic carbocycles. The Kier molecular flexibility index (Phi) is 3.92. The number of rotatable bonds is 5. The predicted octanol–water partition coefficient (Wildman–Crippen LogP) is 3.38. The Morgan fingerprint density at radius 2 is 1.96 bits per heavy atom. The van der Waals surface area contributed by atoms with Crippen LogP contribution in [-0.4, -0.2) is 27.5 Å². The molecule has 1 aromatic heterocycles. The van der Waals surface area contributed by atoms with Gasteiger partial charge in [0.1, 0.15) is 5.75 Å². The molecule has 118 valence electrons. The fraction of sp³-hybridized carbons (Fsp3) is 0.125. The highest BCUT2D eigenvalue weighted by molar-refractivity contribution is 5.92. The molecule has 0 unspecified atom stereocenters.